The number of alkyl halides is 2. The first-order valence-corrected chi connectivity index (χ1v) is 10.9. The Morgan fingerprint density at radius 2 is 1.64 bits per heavy atom. The Morgan fingerprint density at radius 1 is 0.939 bits per heavy atom. The Morgan fingerprint density at radius 3 is 2.36 bits per heavy atom. The summed E-state index contributed by atoms with van der Waals surface area (Å²) in [4.78, 5) is 22.3. The first-order chi connectivity index (χ1) is 16.1. The van der Waals surface area contributed by atoms with E-state index in [0.29, 0.717) is 38.3 Å². The number of imidazole rings is 1. The lowest BCUT2D eigenvalue weighted by Gasteiger charge is -2.14. The molecule has 0 atom stereocenters. The van der Waals surface area contributed by atoms with Gasteiger partial charge in [-0.25, -0.2) is 9.97 Å². The molecule has 3 aromatic carbocycles. The van der Waals surface area contributed by atoms with Crippen molar-refractivity contribution in [2.24, 2.45) is 0 Å². The van der Waals surface area contributed by atoms with E-state index in [0.717, 1.165) is 16.3 Å². The van der Waals surface area contributed by atoms with E-state index in [1.54, 1.807) is 72.8 Å². The summed E-state index contributed by atoms with van der Waals surface area (Å²) in [7, 11) is 0. The molecule has 0 N–H and O–H groups in total. The van der Waals surface area contributed by atoms with Gasteiger partial charge in [-0.05, 0) is 48.5 Å². The number of rotatable bonds is 5. The number of fused-ring (bicyclic) bond motifs is 2. The van der Waals surface area contributed by atoms with Crippen LogP contribution < -0.4 is 5.56 Å². The molecule has 2 heterocycles. The quantitative estimate of drug-likeness (QED) is 0.264. The van der Waals surface area contributed by atoms with E-state index in [2.05, 4.69) is 16.0 Å². The standard InChI is InChI=1S/C24H15F2N5OS/c25-23(26)31-20-8-4-3-7-19(20)28-21(31)14-33-24-29-18-6-2-1-5-17(18)22(32)30(24)16-11-9-15(13-27)10-12-16/h1-12,23H,14H2. The molecule has 0 unspecified atom stereocenters. The summed E-state index contributed by atoms with van der Waals surface area (Å²) in [6.45, 7) is -2.75. The second kappa shape index (κ2) is 8.48. The molecule has 0 saturated carbocycles. The number of hydrogen-bond acceptors (Lipinski definition) is 5. The molecule has 5 aromatic rings. The SMILES string of the molecule is N#Cc1ccc(-n2c(SCc3nc4ccccc4n3C(F)F)nc3ccccc3c2=O)cc1. The highest BCUT2D eigenvalue weighted by atomic mass is 32.2. The molecule has 0 amide bonds. The third-order valence-corrected chi connectivity index (χ3v) is 6.13. The van der Waals surface area contributed by atoms with Crippen molar-refractivity contribution in [3.8, 4) is 11.8 Å². The fourth-order valence-electron chi connectivity index (χ4n) is 3.66. The fourth-order valence-corrected chi connectivity index (χ4v) is 4.61. The maximum atomic E-state index is 13.8. The van der Waals surface area contributed by atoms with Gasteiger partial charge in [0.25, 0.3) is 5.56 Å². The molecule has 0 aliphatic rings. The van der Waals surface area contributed by atoms with Crippen LogP contribution in [0.15, 0.2) is 82.7 Å². The lowest BCUT2D eigenvalue weighted by atomic mass is 10.2. The van der Waals surface area contributed by atoms with Gasteiger partial charge in [0.05, 0.1) is 45.0 Å². The van der Waals surface area contributed by atoms with Crippen LogP contribution in [0.2, 0.25) is 0 Å². The van der Waals surface area contributed by atoms with Crippen LogP contribution in [0.1, 0.15) is 17.9 Å². The summed E-state index contributed by atoms with van der Waals surface area (Å²) < 4.78 is 30.0. The lowest BCUT2D eigenvalue weighted by Crippen LogP contribution is -2.21. The normalized spacial score (nSPS) is 11.3. The summed E-state index contributed by atoms with van der Waals surface area (Å²) in [5.41, 5.74) is 2.04. The minimum absolute atomic E-state index is 0.0834. The highest BCUT2D eigenvalue weighted by Gasteiger charge is 2.19. The molecule has 33 heavy (non-hydrogen) atoms. The fraction of sp³-hybridized carbons (Fsp3) is 0.0833. The van der Waals surface area contributed by atoms with Gasteiger partial charge in [-0.1, -0.05) is 36.0 Å². The maximum absolute atomic E-state index is 13.8. The van der Waals surface area contributed by atoms with Crippen LogP contribution in [0.25, 0.3) is 27.6 Å². The van der Waals surface area contributed by atoms with Gasteiger partial charge < -0.3 is 0 Å². The number of thioether (sulfide) groups is 1. The van der Waals surface area contributed by atoms with Crippen molar-refractivity contribution in [1.29, 1.82) is 5.26 Å². The third-order valence-electron chi connectivity index (χ3n) is 5.19. The molecule has 0 fully saturated rings. The molecule has 0 aliphatic carbocycles. The second-order valence-electron chi connectivity index (χ2n) is 7.16. The predicted molar refractivity (Wildman–Crippen MR) is 123 cm³/mol. The number of halogens is 2. The Hall–Kier alpha value is -4.03. The molecule has 6 nitrogen and oxygen atoms in total. The van der Waals surface area contributed by atoms with E-state index in [-0.39, 0.29) is 17.1 Å². The highest BCUT2D eigenvalue weighted by Crippen LogP contribution is 2.29. The highest BCUT2D eigenvalue weighted by molar-refractivity contribution is 7.98. The average molecular weight is 459 g/mol. The molecule has 0 spiro atoms. The van der Waals surface area contributed by atoms with Gasteiger partial charge in [-0.15, -0.1) is 0 Å². The first kappa shape index (κ1) is 20.8. The van der Waals surface area contributed by atoms with Gasteiger partial charge in [0.15, 0.2) is 5.16 Å². The Labute approximate surface area is 190 Å². The van der Waals surface area contributed by atoms with Crippen molar-refractivity contribution in [3.63, 3.8) is 0 Å². The smallest absolute Gasteiger partial charge is 0.269 e. The van der Waals surface area contributed by atoms with E-state index < -0.39 is 6.55 Å². The Kier molecular flexibility index (Phi) is 5.36. The van der Waals surface area contributed by atoms with E-state index in [1.165, 1.54) is 4.57 Å². The van der Waals surface area contributed by atoms with Crippen molar-refractivity contribution in [1.82, 2.24) is 19.1 Å². The van der Waals surface area contributed by atoms with Crippen LogP contribution >= 0.6 is 11.8 Å². The number of para-hydroxylation sites is 3. The van der Waals surface area contributed by atoms with Crippen molar-refractivity contribution < 1.29 is 8.78 Å². The molecule has 162 valence electrons. The van der Waals surface area contributed by atoms with E-state index >= 15 is 0 Å². The van der Waals surface area contributed by atoms with E-state index in [4.69, 9.17) is 5.26 Å². The van der Waals surface area contributed by atoms with Crippen LogP contribution in [0.4, 0.5) is 8.78 Å². The summed E-state index contributed by atoms with van der Waals surface area (Å²) in [5, 5.41) is 9.86. The van der Waals surface area contributed by atoms with Crippen LogP contribution in [-0.2, 0) is 5.75 Å². The van der Waals surface area contributed by atoms with E-state index in [9.17, 15) is 13.6 Å². The van der Waals surface area contributed by atoms with Gasteiger partial charge in [-0.2, -0.15) is 14.0 Å². The minimum Gasteiger partial charge on any atom is -0.269 e. The number of nitriles is 1. The monoisotopic (exact) mass is 459 g/mol. The summed E-state index contributed by atoms with van der Waals surface area (Å²) in [6.07, 6.45) is 0. The molecule has 0 saturated heterocycles. The van der Waals surface area contributed by atoms with Gasteiger partial charge >= 0.3 is 6.55 Å². The Bertz CT molecular complexity index is 1590. The van der Waals surface area contributed by atoms with E-state index in [1.807, 2.05) is 0 Å². The number of hydrogen-bond donors (Lipinski definition) is 0. The second-order valence-corrected chi connectivity index (χ2v) is 8.11. The molecular weight excluding hydrogens is 444 g/mol. The summed E-state index contributed by atoms with van der Waals surface area (Å²) in [5.74, 6) is 0.269. The van der Waals surface area contributed by atoms with Crippen molar-refractivity contribution >= 4 is 33.7 Å². The van der Waals surface area contributed by atoms with Gasteiger partial charge in [-0.3, -0.25) is 13.9 Å². The molecular formula is C24H15F2N5OS. The van der Waals surface area contributed by atoms with Crippen LogP contribution in [0, 0.1) is 11.3 Å². The van der Waals surface area contributed by atoms with Crippen LogP contribution in [0.5, 0.6) is 0 Å². The lowest BCUT2D eigenvalue weighted by molar-refractivity contribution is 0.0722. The number of aromatic nitrogens is 4. The summed E-state index contributed by atoms with van der Waals surface area (Å²) in [6, 6.07) is 22.3. The summed E-state index contributed by atoms with van der Waals surface area (Å²) >= 11 is 1.15. The van der Waals surface area contributed by atoms with Crippen molar-refractivity contribution in [2.75, 3.05) is 0 Å². The van der Waals surface area contributed by atoms with Crippen molar-refractivity contribution in [3.05, 3.63) is 94.5 Å². The van der Waals surface area contributed by atoms with Crippen LogP contribution in [-0.4, -0.2) is 19.1 Å². The zero-order valence-corrected chi connectivity index (χ0v) is 17.8. The zero-order chi connectivity index (χ0) is 22.9. The molecule has 2 aromatic heterocycles. The van der Waals surface area contributed by atoms with Gasteiger partial charge in [0.2, 0.25) is 0 Å². The minimum atomic E-state index is -2.75. The Balaban J connectivity index is 1.62. The number of benzene rings is 3. The topological polar surface area (TPSA) is 76.5 Å². The molecule has 9 heteroatoms. The van der Waals surface area contributed by atoms with Gasteiger partial charge in [0.1, 0.15) is 5.82 Å². The van der Waals surface area contributed by atoms with Gasteiger partial charge in [0, 0.05) is 0 Å². The average Bonchev–Trinajstić information content (AvgIpc) is 3.22. The molecule has 0 radical (unpaired) electrons. The molecule has 0 aliphatic heterocycles. The zero-order valence-electron chi connectivity index (χ0n) is 17.0. The maximum Gasteiger partial charge on any atom is 0.320 e. The van der Waals surface area contributed by atoms with Crippen molar-refractivity contribution in [2.45, 2.75) is 17.5 Å². The predicted octanol–water partition coefficient (Wildman–Crippen LogP) is 5.29. The number of nitrogens with zero attached hydrogens (tertiary/aromatic N) is 5. The molecule has 5 rings (SSSR count). The largest absolute Gasteiger partial charge is 0.320 e. The molecule has 0 bridgehead atoms. The third kappa shape index (κ3) is 3.75. The first-order valence-electron chi connectivity index (χ1n) is 9.96. The van der Waals surface area contributed by atoms with Crippen LogP contribution in [0.3, 0.4) is 0 Å².